The number of benzene rings is 1. The summed E-state index contributed by atoms with van der Waals surface area (Å²) in [6, 6.07) is 9.96. The Kier molecular flexibility index (Phi) is 7.39. The zero-order chi connectivity index (χ0) is 26.8. The second-order valence-electron chi connectivity index (χ2n) is 9.66. The number of hydrogen-bond acceptors (Lipinski definition) is 7. The Bertz CT molecular complexity index is 1410. The van der Waals surface area contributed by atoms with Crippen molar-refractivity contribution in [1.82, 2.24) is 25.0 Å². The van der Waals surface area contributed by atoms with Crippen LogP contribution < -0.4 is 16.4 Å². The van der Waals surface area contributed by atoms with Gasteiger partial charge >= 0.3 is 0 Å². The molecule has 1 saturated heterocycles. The molecule has 1 atom stereocenters. The topological polar surface area (TPSA) is 152 Å². The first-order chi connectivity index (χ1) is 18.3. The largest absolute Gasteiger partial charge is 0.364 e. The molecule has 3 aromatic rings. The number of carbonyl (C=O) groups excluding carboxylic acids is 4. The van der Waals surface area contributed by atoms with Gasteiger partial charge in [-0.25, -0.2) is 4.98 Å². The number of ketones is 1. The Morgan fingerprint density at radius 1 is 1.16 bits per heavy atom. The number of aromatic nitrogens is 3. The molecule has 0 bridgehead atoms. The number of Topliss-reactive ketones (excluding diaryl/α,β-unsaturated/α-hetero) is 1. The van der Waals surface area contributed by atoms with Gasteiger partial charge in [0.15, 0.2) is 11.5 Å². The van der Waals surface area contributed by atoms with Crippen molar-refractivity contribution in [2.75, 3.05) is 18.4 Å². The molecule has 0 spiro atoms. The van der Waals surface area contributed by atoms with Crippen LogP contribution in [0.5, 0.6) is 0 Å². The SMILES string of the molecule is NC(=O)c1nn(CC(=O)N(CC(=O)Nc2cccc(Cl)n2)C2CC2)c2ccc(CC(=O)C3CCCN3)cc12. The molecule has 5 rings (SSSR count). The fourth-order valence-electron chi connectivity index (χ4n) is 4.76. The minimum Gasteiger partial charge on any atom is -0.364 e. The molecule has 1 aromatic carbocycles. The lowest BCUT2D eigenvalue weighted by Gasteiger charge is -2.22. The van der Waals surface area contributed by atoms with Gasteiger partial charge in [0.05, 0.1) is 11.6 Å². The maximum atomic E-state index is 13.3. The zero-order valence-corrected chi connectivity index (χ0v) is 21.4. The van der Waals surface area contributed by atoms with E-state index in [0.717, 1.165) is 37.8 Å². The maximum Gasteiger partial charge on any atom is 0.269 e. The second-order valence-corrected chi connectivity index (χ2v) is 10.0. The van der Waals surface area contributed by atoms with E-state index < -0.39 is 11.8 Å². The summed E-state index contributed by atoms with van der Waals surface area (Å²) in [5.74, 6) is -1.04. The predicted octanol–water partition coefficient (Wildman–Crippen LogP) is 1.68. The Balaban J connectivity index is 1.32. The number of nitrogens with one attached hydrogen (secondary N) is 2. The number of rotatable bonds is 10. The first kappa shape index (κ1) is 25.8. The molecule has 4 N–H and O–H groups in total. The van der Waals surface area contributed by atoms with Crippen molar-refractivity contribution in [3.05, 3.63) is 52.8 Å². The summed E-state index contributed by atoms with van der Waals surface area (Å²) in [7, 11) is 0. The van der Waals surface area contributed by atoms with E-state index in [-0.39, 0.29) is 54.1 Å². The highest BCUT2D eigenvalue weighted by atomic mass is 35.5. The van der Waals surface area contributed by atoms with E-state index in [1.165, 1.54) is 9.58 Å². The number of hydrogen-bond donors (Lipinski definition) is 3. The van der Waals surface area contributed by atoms with Crippen LogP contribution >= 0.6 is 11.6 Å². The molecule has 1 aliphatic carbocycles. The summed E-state index contributed by atoms with van der Waals surface area (Å²) in [5.41, 5.74) is 6.91. The van der Waals surface area contributed by atoms with Gasteiger partial charge in [-0.3, -0.25) is 23.9 Å². The number of halogens is 1. The van der Waals surface area contributed by atoms with E-state index in [4.69, 9.17) is 17.3 Å². The fourth-order valence-corrected chi connectivity index (χ4v) is 4.93. The lowest BCUT2D eigenvalue weighted by atomic mass is 10.0. The third-order valence-electron chi connectivity index (χ3n) is 6.77. The van der Waals surface area contributed by atoms with E-state index in [1.54, 1.807) is 36.4 Å². The quantitative estimate of drug-likeness (QED) is 0.333. The van der Waals surface area contributed by atoms with Gasteiger partial charge in [0.25, 0.3) is 5.91 Å². The molecule has 2 aromatic heterocycles. The van der Waals surface area contributed by atoms with Crippen molar-refractivity contribution in [2.45, 2.75) is 50.7 Å². The molecule has 1 unspecified atom stereocenters. The molecular weight excluding hydrogens is 510 g/mol. The third kappa shape index (κ3) is 5.84. The van der Waals surface area contributed by atoms with Gasteiger partial charge in [-0.15, -0.1) is 0 Å². The van der Waals surface area contributed by atoms with Crippen LogP contribution in [0, 0.1) is 0 Å². The van der Waals surface area contributed by atoms with E-state index in [2.05, 4.69) is 20.7 Å². The Morgan fingerprint density at radius 3 is 2.66 bits per heavy atom. The Morgan fingerprint density at radius 2 is 1.97 bits per heavy atom. The van der Waals surface area contributed by atoms with Crippen molar-refractivity contribution in [1.29, 1.82) is 0 Å². The monoisotopic (exact) mass is 537 g/mol. The number of pyridine rings is 1. The van der Waals surface area contributed by atoms with Gasteiger partial charge in [0.2, 0.25) is 11.8 Å². The predicted molar refractivity (Wildman–Crippen MR) is 141 cm³/mol. The molecule has 0 radical (unpaired) electrons. The molecule has 1 aliphatic heterocycles. The van der Waals surface area contributed by atoms with Crippen LogP contribution in [0.2, 0.25) is 5.15 Å². The van der Waals surface area contributed by atoms with Crippen LogP contribution in [0.15, 0.2) is 36.4 Å². The van der Waals surface area contributed by atoms with Crippen LogP contribution in [-0.4, -0.2) is 68.3 Å². The van der Waals surface area contributed by atoms with E-state index in [1.807, 2.05) is 0 Å². The van der Waals surface area contributed by atoms with Crippen LogP contribution in [0.3, 0.4) is 0 Å². The molecule has 3 amide bonds. The molecule has 2 aliphatic rings. The average molecular weight is 538 g/mol. The number of amides is 3. The minimum absolute atomic E-state index is 0.0313. The molecular formula is C26H28ClN7O4. The maximum absolute atomic E-state index is 13.3. The summed E-state index contributed by atoms with van der Waals surface area (Å²) in [4.78, 5) is 56.3. The van der Waals surface area contributed by atoms with Crippen molar-refractivity contribution >= 4 is 51.8 Å². The first-order valence-electron chi connectivity index (χ1n) is 12.6. The van der Waals surface area contributed by atoms with Gasteiger partial charge in [0.1, 0.15) is 24.1 Å². The van der Waals surface area contributed by atoms with Crippen LogP contribution in [0.4, 0.5) is 5.82 Å². The van der Waals surface area contributed by atoms with Gasteiger partial charge in [-0.05, 0) is 62.1 Å². The summed E-state index contributed by atoms with van der Waals surface area (Å²) in [6.45, 7) is 0.507. The molecule has 11 nitrogen and oxygen atoms in total. The van der Waals surface area contributed by atoms with Crippen molar-refractivity contribution < 1.29 is 19.2 Å². The highest BCUT2D eigenvalue weighted by Gasteiger charge is 2.34. The number of nitrogens with zero attached hydrogens (tertiary/aromatic N) is 4. The lowest BCUT2D eigenvalue weighted by Crippen LogP contribution is -2.41. The zero-order valence-electron chi connectivity index (χ0n) is 20.7. The van der Waals surface area contributed by atoms with E-state index in [0.29, 0.717) is 16.7 Å². The molecule has 12 heteroatoms. The summed E-state index contributed by atoms with van der Waals surface area (Å²) in [5, 5.41) is 10.9. The molecule has 2 fully saturated rings. The van der Waals surface area contributed by atoms with E-state index in [9.17, 15) is 19.2 Å². The number of fused-ring (bicyclic) bond motifs is 1. The summed E-state index contributed by atoms with van der Waals surface area (Å²) >= 11 is 5.88. The average Bonchev–Trinajstić information content (AvgIpc) is 3.42. The van der Waals surface area contributed by atoms with Crippen molar-refractivity contribution in [2.24, 2.45) is 5.73 Å². The molecule has 1 saturated carbocycles. The van der Waals surface area contributed by atoms with Crippen LogP contribution in [0.25, 0.3) is 10.9 Å². The van der Waals surface area contributed by atoms with Crippen LogP contribution in [-0.2, 0) is 27.3 Å². The van der Waals surface area contributed by atoms with Gasteiger partial charge < -0.3 is 21.3 Å². The summed E-state index contributed by atoms with van der Waals surface area (Å²) in [6.07, 6.45) is 3.61. The third-order valence-corrected chi connectivity index (χ3v) is 6.98. The Hall–Kier alpha value is -3.83. The smallest absolute Gasteiger partial charge is 0.269 e. The number of anilines is 1. The highest BCUT2D eigenvalue weighted by molar-refractivity contribution is 6.29. The summed E-state index contributed by atoms with van der Waals surface area (Å²) < 4.78 is 1.42. The fraction of sp³-hybridized carbons (Fsp3) is 0.385. The van der Waals surface area contributed by atoms with Crippen LogP contribution in [0.1, 0.15) is 41.7 Å². The highest BCUT2D eigenvalue weighted by Crippen LogP contribution is 2.28. The van der Waals surface area contributed by atoms with E-state index >= 15 is 0 Å². The van der Waals surface area contributed by atoms with Gasteiger partial charge in [-0.1, -0.05) is 23.7 Å². The first-order valence-corrected chi connectivity index (χ1v) is 12.9. The van der Waals surface area contributed by atoms with Crippen molar-refractivity contribution in [3.8, 4) is 0 Å². The Labute approximate surface area is 223 Å². The minimum atomic E-state index is -0.727. The number of nitrogens with two attached hydrogens (primary N) is 1. The lowest BCUT2D eigenvalue weighted by molar-refractivity contribution is -0.135. The molecule has 3 heterocycles. The molecule has 198 valence electrons. The number of primary amides is 1. The van der Waals surface area contributed by atoms with Crippen molar-refractivity contribution in [3.63, 3.8) is 0 Å². The normalized spacial score (nSPS) is 16.9. The molecule has 38 heavy (non-hydrogen) atoms. The van der Waals surface area contributed by atoms with Gasteiger partial charge in [0, 0.05) is 17.8 Å². The number of carbonyl (C=O) groups is 4. The second kappa shape index (κ2) is 10.9. The standard InChI is InChI=1S/C26H28ClN7O4/c27-21-4-1-5-22(30-21)31-23(36)13-33(16-7-8-16)24(37)14-34-19-9-6-15(11-17(19)25(32-34)26(28)38)12-20(35)18-3-2-10-29-18/h1,4-6,9,11,16,18,29H,2-3,7-8,10,12-14H2,(H2,28,38)(H,30,31,36). The van der Waals surface area contributed by atoms with Gasteiger partial charge in [-0.2, -0.15) is 5.10 Å².